The average molecular weight is 392 g/mol. The van der Waals surface area contributed by atoms with Crippen molar-refractivity contribution in [3.05, 3.63) is 57.7 Å². The van der Waals surface area contributed by atoms with E-state index >= 15 is 0 Å². The molecule has 0 unspecified atom stereocenters. The number of amides is 1. The summed E-state index contributed by atoms with van der Waals surface area (Å²) in [6, 6.07) is 8.32. The zero-order chi connectivity index (χ0) is 18.7. The molecule has 2 heterocycles. The van der Waals surface area contributed by atoms with Gasteiger partial charge in [-0.2, -0.15) is 14.6 Å². The van der Waals surface area contributed by atoms with Crippen molar-refractivity contribution < 1.29 is 4.79 Å². The van der Waals surface area contributed by atoms with Crippen molar-refractivity contribution in [2.45, 2.75) is 13.5 Å². The van der Waals surface area contributed by atoms with Crippen molar-refractivity contribution in [1.29, 1.82) is 0 Å². The SMILES string of the molecule is Cc1cc(=O)n2ncnc2n1CC(=O)NNC(=S)Nc1ccc(Cl)cc1. The van der Waals surface area contributed by atoms with Crippen LogP contribution in [-0.2, 0) is 11.3 Å². The molecule has 0 aliphatic carbocycles. The first kappa shape index (κ1) is 17.8. The topological polar surface area (TPSA) is 105 Å². The molecule has 0 aliphatic heterocycles. The summed E-state index contributed by atoms with van der Waals surface area (Å²) in [5.74, 6) is -0.0890. The molecule has 0 aliphatic rings. The number of hydrogen-bond donors (Lipinski definition) is 3. The van der Waals surface area contributed by atoms with Crippen molar-refractivity contribution in [2.75, 3.05) is 5.32 Å². The minimum absolute atomic E-state index is 0.0646. The van der Waals surface area contributed by atoms with Crippen molar-refractivity contribution in [2.24, 2.45) is 0 Å². The lowest BCUT2D eigenvalue weighted by atomic mass is 10.3. The molecule has 9 nitrogen and oxygen atoms in total. The first-order valence-corrected chi connectivity index (χ1v) is 8.24. The lowest BCUT2D eigenvalue weighted by Gasteiger charge is -2.14. The summed E-state index contributed by atoms with van der Waals surface area (Å²) < 4.78 is 2.70. The Morgan fingerprint density at radius 3 is 2.73 bits per heavy atom. The molecule has 1 amide bonds. The molecule has 134 valence electrons. The third-order valence-electron chi connectivity index (χ3n) is 3.46. The van der Waals surface area contributed by atoms with Gasteiger partial charge in [-0.25, -0.2) is 0 Å². The third-order valence-corrected chi connectivity index (χ3v) is 3.91. The molecule has 0 spiro atoms. The lowest BCUT2D eigenvalue weighted by molar-refractivity contribution is -0.122. The minimum Gasteiger partial charge on any atom is -0.331 e. The van der Waals surface area contributed by atoms with Crippen LogP contribution in [0, 0.1) is 6.92 Å². The predicted molar refractivity (Wildman–Crippen MR) is 101 cm³/mol. The second-order valence-corrected chi connectivity index (χ2v) is 6.16. The molecule has 3 rings (SSSR count). The van der Waals surface area contributed by atoms with Gasteiger partial charge in [0.1, 0.15) is 12.9 Å². The summed E-state index contributed by atoms with van der Waals surface area (Å²) >= 11 is 10.9. The van der Waals surface area contributed by atoms with Gasteiger partial charge in [-0.3, -0.25) is 20.4 Å². The van der Waals surface area contributed by atoms with E-state index in [1.165, 1.54) is 12.4 Å². The van der Waals surface area contributed by atoms with E-state index in [2.05, 4.69) is 26.3 Å². The van der Waals surface area contributed by atoms with Gasteiger partial charge >= 0.3 is 0 Å². The highest BCUT2D eigenvalue weighted by atomic mass is 35.5. The van der Waals surface area contributed by atoms with Crippen LogP contribution < -0.4 is 21.7 Å². The van der Waals surface area contributed by atoms with Crippen LogP contribution in [0.5, 0.6) is 0 Å². The van der Waals surface area contributed by atoms with Crippen molar-refractivity contribution in [3.63, 3.8) is 0 Å². The quantitative estimate of drug-likeness (QED) is 0.449. The largest absolute Gasteiger partial charge is 0.331 e. The van der Waals surface area contributed by atoms with Gasteiger partial charge in [0.2, 0.25) is 5.78 Å². The number of hydrogen-bond acceptors (Lipinski definition) is 5. The molecule has 0 fully saturated rings. The van der Waals surface area contributed by atoms with E-state index in [1.54, 1.807) is 35.8 Å². The monoisotopic (exact) mass is 391 g/mol. The second kappa shape index (κ2) is 7.50. The molecule has 0 saturated heterocycles. The molecule has 0 bridgehead atoms. The van der Waals surface area contributed by atoms with Gasteiger partial charge in [0, 0.05) is 22.5 Å². The highest BCUT2D eigenvalue weighted by molar-refractivity contribution is 7.80. The van der Waals surface area contributed by atoms with Crippen LogP contribution in [0.4, 0.5) is 5.69 Å². The Morgan fingerprint density at radius 2 is 2.00 bits per heavy atom. The summed E-state index contributed by atoms with van der Waals surface area (Å²) in [4.78, 5) is 28.0. The first-order chi connectivity index (χ1) is 12.4. The molecule has 1 aromatic carbocycles. The van der Waals surface area contributed by atoms with E-state index in [9.17, 15) is 9.59 Å². The Morgan fingerprint density at radius 1 is 1.27 bits per heavy atom. The zero-order valence-electron chi connectivity index (χ0n) is 13.6. The first-order valence-electron chi connectivity index (χ1n) is 7.45. The number of aromatic nitrogens is 4. The zero-order valence-corrected chi connectivity index (χ0v) is 15.1. The van der Waals surface area contributed by atoms with Crippen LogP contribution in [0.2, 0.25) is 5.02 Å². The number of nitrogens with one attached hydrogen (secondary N) is 3. The molecule has 11 heteroatoms. The molecule has 0 radical (unpaired) electrons. The maximum atomic E-state index is 12.2. The van der Waals surface area contributed by atoms with Crippen LogP contribution >= 0.6 is 23.8 Å². The molecule has 2 aromatic heterocycles. The van der Waals surface area contributed by atoms with Gasteiger partial charge in [0.25, 0.3) is 11.5 Å². The molecular weight excluding hydrogens is 378 g/mol. The Labute approximate surface area is 158 Å². The number of anilines is 1. The summed E-state index contributed by atoms with van der Waals surface area (Å²) in [6.45, 7) is 1.65. The van der Waals surface area contributed by atoms with Gasteiger partial charge in [-0.05, 0) is 43.4 Å². The number of aryl methyl sites for hydroxylation is 1. The number of rotatable bonds is 3. The van der Waals surface area contributed by atoms with E-state index in [1.807, 2.05) is 0 Å². The molecular formula is C15H14ClN7O2S. The molecule has 3 aromatic rings. The number of nitrogens with zero attached hydrogens (tertiary/aromatic N) is 4. The molecule has 0 saturated carbocycles. The van der Waals surface area contributed by atoms with E-state index < -0.39 is 0 Å². The van der Waals surface area contributed by atoms with Crippen LogP contribution in [0.15, 0.2) is 41.5 Å². The standard InChI is InChI=1S/C15H14ClN7O2S/c1-9-6-13(25)23-15(17-8-18-23)22(9)7-12(24)20-21-14(26)19-11-4-2-10(16)3-5-11/h2-6,8H,7H2,1H3,(H,20,24)(H2,19,21,26). The number of halogens is 1. The summed E-state index contributed by atoms with van der Waals surface area (Å²) in [6.07, 6.45) is 1.26. The lowest BCUT2D eigenvalue weighted by Crippen LogP contribution is -2.45. The van der Waals surface area contributed by atoms with Crippen molar-refractivity contribution in [3.8, 4) is 0 Å². The van der Waals surface area contributed by atoms with E-state index in [0.717, 1.165) is 10.2 Å². The number of thiocarbonyl (C=S) groups is 1. The molecule has 0 atom stereocenters. The Hall–Kier alpha value is -2.98. The summed E-state index contributed by atoms with van der Waals surface area (Å²) in [5, 5.41) is 7.57. The summed E-state index contributed by atoms with van der Waals surface area (Å²) in [5.41, 5.74) is 6.10. The third kappa shape index (κ3) is 3.98. The summed E-state index contributed by atoms with van der Waals surface area (Å²) in [7, 11) is 0. The number of benzene rings is 1. The highest BCUT2D eigenvalue weighted by Crippen LogP contribution is 2.13. The van der Waals surface area contributed by atoms with Gasteiger partial charge in [0.15, 0.2) is 5.11 Å². The predicted octanol–water partition coefficient (Wildman–Crippen LogP) is 0.871. The fourth-order valence-corrected chi connectivity index (χ4v) is 2.55. The van der Waals surface area contributed by atoms with Crippen molar-refractivity contribution in [1.82, 2.24) is 30.0 Å². The maximum absolute atomic E-state index is 12.2. The van der Waals surface area contributed by atoms with E-state index in [-0.39, 0.29) is 28.9 Å². The van der Waals surface area contributed by atoms with Gasteiger partial charge in [0.05, 0.1) is 0 Å². The Bertz CT molecular complexity index is 1030. The van der Waals surface area contributed by atoms with E-state index in [0.29, 0.717) is 10.7 Å². The highest BCUT2D eigenvalue weighted by Gasteiger charge is 2.12. The fourth-order valence-electron chi connectivity index (χ4n) is 2.25. The number of carbonyl (C=O) groups excluding carboxylic acids is 1. The average Bonchev–Trinajstić information content (AvgIpc) is 3.09. The van der Waals surface area contributed by atoms with Crippen LogP contribution in [0.1, 0.15) is 5.69 Å². The normalized spacial score (nSPS) is 10.5. The van der Waals surface area contributed by atoms with Crippen LogP contribution in [-0.4, -0.2) is 30.2 Å². The Kier molecular flexibility index (Phi) is 5.14. The number of fused-ring (bicyclic) bond motifs is 1. The fraction of sp³-hybridized carbons (Fsp3) is 0.133. The van der Waals surface area contributed by atoms with Crippen molar-refractivity contribution >= 4 is 46.3 Å². The molecule has 26 heavy (non-hydrogen) atoms. The van der Waals surface area contributed by atoms with Gasteiger partial charge in [-0.15, -0.1) is 0 Å². The van der Waals surface area contributed by atoms with E-state index in [4.69, 9.17) is 23.8 Å². The van der Waals surface area contributed by atoms with Gasteiger partial charge < -0.3 is 9.88 Å². The van der Waals surface area contributed by atoms with Crippen LogP contribution in [0.25, 0.3) is 5.78 Å². The number of carbonyl (C=O) groups is 1. The Balaban J connectivity index is 1.61. The van der Waals surface area contributed by atoms with Crippen LogP contribution in [0.3, 0.4) is 0 Å². The minimum atomic E-state index is -0.373. The molecule has 3 N–H and O–H groups in total. The smallest absolute Gasteiger partial charge is 0.275 e. The maximum Gasteiger partial charge on any atom is 0.275 e. The van der Waals surface area contributed by atoms with Gasteiger partial charge in [-0.1, -0.05) is 11.6 Å². The second-order valence-electron chi connectivity index (χ2n) is 5.32. The number of hydrazine groups is 1.